The number of carbonyl (C=O) groups is 1. The molecule has 0 radical (unpaired) electrons. The van der Waals surface area contributed by atoms with E-state index >= 15 is 0 Å². The molecule has 0 spiro atoms. The second-order valence-electron chi connectivity index (χ2n) is 5.79. The molecular weight excluding hydrogens is 276 g/mol. The van der Waals surface area contributed by atoms with Gasteiger partial charge in [-0.25, -0.2) is 0 Å². The summed E-state index contributed by atoms with van der Waals surface area (Å²) in [6.07, 6.45) is 1.70. The number of aromatic nitrogens is 2. The maximum absolute atomic E-state index is 12.9. The van der Waals surface area contributed by atoms with E-state index in [1.165, 1.54) is 0 Å². The van der Waals surface area contributed by atoms with Crippen LogP contribution in [0.25, 0.3) is 11.3 Å². The number of benzene rings is 1. The maximum atomic E-state index is 12.9. The maximum Gasteiger partial charge on any atom is 0.258 e. The lowest BCUT2D eigenvalue weighted by Gasteiger charge is -2.31. The summed E-state index contributed by atoms with van der Waals surface area (Å²) in [5.41, 5.74) is 2.63. The summed E-state index contributed by atoms with van der Waals surface area (Å²) in [7, 11) is 1.89. The number of piperazine rings is 1. The third-order valence-electron chi connectivity index (χ3n) is 4.47. The minimum atomic E-state index is 0.0992. The second-order valence-corrected chi connectivity index (χ2v) is 5.79. The highest BCUT2D eigenvalue weighted by Gasteiger charge is 2.27. The van der Waals surface area contributed by atoms with Gasteiger partial charge in [0, 0.05) is 12.6 Å². The van der Waals surface area contributed by atoms with E-state index in [0.717, 1.165) is 44.0 Å². The molecule has 1 amide bonds. The quantitative estimate of drug-likeness (QED) is 0.894. The topological polar surface area (TPSA) is 42.6 Å². The summed E-state index contributed by atoms with van der Waals surface area (Å²) in [5, 5.41) is 4.30. The minimum absolute atomic E-state index is 0.0992. The molecule has 0 unspecified atom stereocenters. The Kier molecular flexibility index (Phi) is 4.24. The number of quaternary nitrogens is 1. The molecule has 1 aliphatic rings. The number of carbonyl (C=O) groups excluding carboxylic acids is 1. The van der Waals surface area contributed by atoms with Gasteiger partial charge in [0.15, 0.2) is 0 Å². The van der Waals surface area contributed by atoms with Crippen LogP contribution in [0.15, 0.2) is 36.5 Å². The van der Waals surface area contributed by atoms with Crippen LogP contribution in [-0.2, 0) is 7.05 Å². The first-order valence-corrected chi connectivity index (χ1v) is 7.91. The third kappa shape index (κ3) is 2.76. The van der Waals surface area contributed by atoms with Crippen molar-refractivity contribution < 1.29 is 9.69 Å². The monoisotopic (exact) mass is 299 g/mol. The van der Waals surface area contributed by atoms with E-state index in [0.29, 0.717) is 5.56 Å². The molecule has 1 aromatic heterocycles. The van der Waals surface area contributed by atoms with Crippen molar-refractivity contribution in [3.63, 3.8) is 0 Å². The van der Waals surface area contributed by atoms with Gasteiger partial charge in [0.05, 0.1) is 50.2 Å². The summed E-state index contributed by atoms with van der Waals surface area (Å²) >= 11 is 0. The Labute approximate surface area is 131 Å². The zero-order valence-electron chi connectivity index (χ0n) is 13.2. The van der Waals surface area contributed by atoms with E-state index < -0.39 is 0 Å². The zero-order valence-corrected chi connectivity index (χ0v) is 13.2. The average Bonchev–Trinajstić information content (AvgIpc) is 2.96. The lowest BCUT2D eigenvalue weighted by Crippen LogP contribution is -3.14. The molecule has 0 saturated carbocycles. The molecule has 1 aromatic carbocycles. The van der Waals surface area contributed by atoms with Gasteiger partial charge in [0.25, 0.3) is 5.91 Å². The Morgan fingerprint density at radius 3 is 2.55 bits per heavy atom. The molecule has 0 aliphatic carbocycles. The van der Waals surface area contributed by atoms with Crippen molar-refractivity contribution in [2.75, 3.05) is 32.7 Å². The number of hydrogen-bond acceptors (Lipinski definition) is 2. The predicted octanol–water partition coefficient (Wildman–Crippen LogP) is 0.448. The van der Waals surface area contributed by atoms with Gasteiger partial charge in [-0.1, -0.05) is 30.3 Å². The molecule has 1 N–H and O–H groups in total. The third-order valence-corrected chi connectivity index (χ3v) is 4.47. The van der Waals surface area contributed by atoms with E-state index in [-0.39, 0.29) is 5.91 Å². The molecule has 0 atom stereocenters. The van der Waals surface area contributed by atoms with Gasteiger partial charge in [0.1, 0.15) is 0 Å². The SMILES string of the molecule is CC[NH+]1CCN(C(=O)c2cnn(C)c2-c2ccccc2)CC1. The number of nitrogens with one attached hydrogen (secondary N) is 1. The molecule has 5 heteroatoms. The van der Waals surface area contributed by atoms with Crippen LogP contribution in [-0.4, -0.2) is 53.3 Å². The van der Waals surface area contributed by atoms with Crippen LogP contribution in [0, 0.1) is 0 Å². The van der Waals surface area contributed by atoms with Gasteiger partial charge < -0.3 is 9.80 Å². The fraction of sp³-hybridized carbons (Fsp3) is 0.412. The number of nitrogens with zero attached hydrogens (tertiary/aromatic N) is 3. The molecule has 2 aromatic rings. The van der Waals surface area contributed by atoms with E-state index in [2.05, 4.69) is 12.0 Å². The summed E-state index contributed by atoms with van der Waals surface area (Å²) in [5.74, 6) is 0.0992. The van der Waals surface area contributed by atoms with Crippen molar-refractivity contribution >= 4 is 5.91 Å². The van der Waals surface area contributed by atoms with Crippen molar-refractivity contribution in [1.82, 2.24) is 14.7 Å². The lowest BCUT2D eigenvalue weighted by molar-refractivity contribution is -0.902. The van der Waals surface area contributed by atoms with Gasteiger partial charge in [0.2, 0.25) is 0 Å². The van der Waals surface area contributed by atoms with Gasteiger partial charge in [-0.3, -0.25) is 9.48 Å². The largest absolute Gasteiger partial charge is 0.332 e. The van der Waals surface area contributed by atoms with Gasteiger partial charge in [-0.05, 0) is 6.92 Å². The lowest BCUT2D eigenvalue weighted by atomic mass is 10.1. The van der Waals surface area contributed by atoms with Crippen molar-refractivity contribution in [2.24, 2.45) is 7.05 Å². The molecule has 22 heavy (non-hydrogen) atoms. The molecule has 1 fully saturated rings. The number of rotatable bonds is 3. The first-order valence-electron chi connectivity index (χ1n) is 7.91. The van der Waals surface area contributed by atoms with E-state index in [4.69, 9.17) is 0 Å². The van der Waals surface area contributed by atoms with Crippen molar-refractivity contribution in [2.45, 2.75) is 6.92 Å². The number of hydrogen-bond donors (Lipinski definition) is 1. The number of aryl methyl sites for hydroxylation is 1. The Morgan fingerprint density at radius 2 is 1.91 bits per heavy atom. The van der Waals surface area contributed by atoms with Crippen LogP contribution in [0.2, 0.25) is 0 Å². The molecule has 116 valence electrons. The summed E-state index contributed by atoms with van der Waals surface area (Å²) in [4.78, 5) is 16.4. The molecule has 2 heterocycles. The first-order chi connectivity index (χ1) is 10.7. The summed E-state index contributed by atoms with van der Waals surface area (Å²) < 4.78 is 1.79. The molecular formula is C17H23N4O+. The van der Waals surface area contributed by atoms with E-state index in [1.807, 2.05) is 42.3 Å². The van der Waals surface area contributed by atoms with Crippen molar-refractivity contribution in [3.8, 4) is 11.3 Å². The molecule has 0 bridgehead atoms. The summed E-state index contributed by atoms with van der Waals surface area (Å²) in [6, 6.07) is 9.99. The van der Waals surface area contributed by atoms with Gasteiger partial charge in [-0.15, -0.1) is 0 Å². The Bertz CT molecular complexity index is 642. The highest BCUT2D eigenvalue weighted by atomic mass is 16.2. The number of amides is 1. The fourth-order valence-corrected chi connectivity index (χ4v) is 3.08. The second kappa shape index (κ2) is 6.32. The fourth-order valence-electron chi connectivity index (χ4n) is 3.08. The van der Waals surface area contributed by atoms with Crippen LogP contribution in [0.3, 0.4) is 0 Å². The predicted molar refractivity (Wildman–Crippen MR) is 85.8 cm³/mol. The van der Waals surface area contributed by atoms with Crippen LogP contribution >= 0.6 is 0 Å². The normalized spacial score (nSPS) is 16.0. The zero-order chi connectivity index (χ0) is 15.5. The van der Waals surface area contributed by atoms with E-state index in [1.54, 1.807) is 15.8 Å². The Balaban J connectivity index is 1.85. The minimum Gasteiger partial charge on any atom is -0.332 e. The van der Waals surface area contributed by atoms with E-state index in [9.17, 15) is 4.79 Å². The molecule has 5 nitrogen and oxygen atoms in total. The van der Waals surface area contributed by atoms with Gasteiger partial charge >= 0.3 is 0 Å². The molecule has 3 rings (SSSR count). The van der Waals surface area contributed by atoms with Gasteiger partial charge in [-0.2, -0.15) is 5.10 Å². The van der Waals surface area contributed by atoms with Crippen molar-refractivity contribution in [1.29, 1.82) is 0 Å². The smallest absolute Gasteiger partial charge is 0.258 e. The molecule has 1 saturated heterocycles. The van der Waals surface area contributed by atoms with Crippen LogP contribution in [0.5, 0.6) is 0 Å². The Hall–Kier alpha value is -2.14. The van der Waals surface area contributed by atoms with Crippen LogP contribution < -0.4 is 4.90 Å². The summed E-state index contributed by atoms with van der Waals surface area (Å²) in [6.45, 7) is 7.04. The molecule has 1 aliphatic heterocycles. The standard InChI is InChI=1S/C17H22N4O/c1-3-20-9-11-21(12-10-20)17(22)15-13-18-19(2)16(15)14-7-5-4-6-8-14/h4-8,13H,3,9-12H2,1-2H3/p+1. The Morgan fingerprint density at radius 1 is 1.23 bits per heavy atom. The van der Waals surface area contributed by atoms with Crippen molar-refractivity contribution in [3.05, 3.63) is 42.1 Å². The van der Waals surface area contributed by atoms with Crippen LogP contribution in [0.4, 0.5) is 0 Å². The highest BCUT2D eigenvalue weighted by molar-refractivity contribution is 5.99. The highest BCUT2D eigenvalue weighted by Crippen LogP contribution is 2.24. The van der Waals surface area contributed by atoms with Crippen LogP contribution in [0.1, 0.15) is 17.3 Å². The number of likely N-dealkylation sites (N-methyl/N-ethyl adjacent to an activating group) is 1. The first kappa shape index (κ1) is 14.8. The average molecular weight is 299 g/mol.